The van der Waals surface area contributed by atoms with E-state index >= 15 is 0 Å². The SMILES string of the molecule is C[C@H](O)c1c(F)cccc1N1CCCCCC1. The Morgan fingerprint density at radius 3 is 2.41 bits per heavy atom. The summed E-state index contributed by atoms with van der Waals surface area (Å²) in [4.78, 5) is 2.21. The summed E-state index contributed by atoms with van der Waals surface area (Å²) in [5.74, 6) is -0.304. The van der Waals surface area contributed by atoms with E-state index in [1.807, 2.05) is 6.07 Å². The Morgan fingerprint density at radius 1 is 1.18 bits per heavy atom. The predicted octanol–water partition coefficient (Wildman–Crippen LogP) is 3.26. The predicted molar refractivity (Wildman–Crippen MR) is 67.7 cm³/mol. The summed E-state index contributed by atoms with van der Waals surface area (Å²) in [5, 5.41) is 9.72. The number of rotatable bonds is 2. The first-order valence-corrected chi connectivity index (χ1v) is 6.41. The maximum absolute atomic E-state index is 13.8. The number of benzene rings is 1. The second kappa shape index (κ2) is 5.50. The number of nitrogens with zero attached hydrogens (tertiary/aromatic N) is 1. The van der Waals surface area contributed by atoms with Crippen LogP contribution < -0.4 is 4.90 Å². The lowest BCUT2D eigenvalue weighted by Crippen LogP contribution is -2.25. The molecule has 0 bridgehead atoms. The van der Waals surface area contributed by atoms with Gasteiger partial charge < -0.3 is 10.0 Å². The first-order chi connectivity index (χ1) is 8.20. The molecule has 1 N–H and O–H groups in total. The third kappa shape index (κ3) is 2.78. The van der Waals surface area contributed by atoms with Gasteiger partial charge in [0.2, 0.25) is 0 Å². The Labute approximate surface area is 102 Å². The van der Waals surface area contributed by atoms with Crippen LogP contribution >= 0.6 is 0 Å². The summed E-state index contributed by atoms with van der Waals surface area (Å²) in [6, 6.07) is 5.06. The second-order valence-corrected chi connectivity index (χ2v) is 4.75. The number of anilines is 1. The zero-order valence-electron chi connectivity index (χ0n) is 10.3. The van der Waals surface area contributed by atoms with E-state index in [-0.39, 0.29) is 5.82 Å². The van der Waals surface area contributed by atoms with Crippen molar-refractivity contribution in [2.24, 2.45) is 0 Å². The lowest BCUT2D eigenvalue weighted by atomic mass is 10.1. The molecule has 1 aromatic rings. The highest BCUT2D eigenvalue weighted by molar-refractivity contribution is 5.55. The Hall–Kier alpha value is -1.09. The number of halogens is 1. The molecule has 1 aromatic carbocycles. The summed E-state index contributed by atoms with van der Waals surface area (Å²) >= 11 is 0. The number of hydrogen-bond donors (Lipinski definition) is 1. The first-order valence-electron chi connectivity index (χ1n) is 6.41. The average Bonchev–Trinajstić information content (AvgIpc) is 2.56. The van der Waals surface area contributed by atoms with Crippen LogP contribution in [0.25, 0.3) is 0 Å². The van der Waals surface area contributed by atoms with E-state index in [1.54, 1.807) is 13.0 Å². The Kier molecular flexibility index (Phi) is 4.00. The van der Waals surface area contributed by atoms with Crippen LogP contribution in [0, 0.1) is 5.82 Å². The summed E-state index contributed by atoms with van der Waals surface area (Å²) in [7, 11) is 0. The van der Waals surface area contributed by atoms with Gasteiger partial charge in [-0.2, -0.15) is 0 Å². The monoisotopic (exact) mass is 237 g/mol. The molecule has 2 nitrogen and oxygen atoms in total. The van der Waals surface area contributed by atoms with Crippen LogP contribution in [0.5, 0.6) is 0 Å². The molecule has 3 heteroatoms. The topological polar surface area (TPSA) is 23.5 Å². The summed E-state index contributed by atoms with van der Waals surface area (Å²) in [5.41, 5.74) is 1.30. The van der Waals surface area contributed by atoms with Gasteiger partial charge in [0.15, 0.2) is 0 Å². The van der Waals surface area contributed by atoms with E-state index in [4.69, 9.17) is 0 Å². The molecule has 1 fully saturated rings. The molecule has 0 radical (unpaired) electrons. The van der Waals surface area contributed by atoms with Crippen molar-refractivity contribution in [2.75, 3.05) is 18.0 Å². The molecular weight excluding hydrogens is 217 g/mol. The van der Waals surface area contributed by atoms with Crippen molar-refractivity contribution in [3.8, 4) is 0 Å². The van der Waals surface area contributed by atoms with Crippen molar-refractivity contribution in [1.29, 1.82) is 0 Å². The lowest BCUT2D eigenvalue weighted by molar-refractivity contribution is 0.194. The van der Waals surface area contributed by atoms with Gasteiger partial charge in [-0.05, 0) is 31.9 Å². The summed E-state index contributed by atoms with van der Waals surface area (Å²) in [6.07, 6.45) is 4.03. The van der Waals surface area contributed by atoms with E-state index < -0.39 is 6.10 Å². The molecule has 0 spiro atoms. The minimum absolute atomic E-state index is 0.304. The first kappa shape index (κ1) is 12.4. The quantitative estimate of drug-likeness (QED) is 0.853. The molecule has 1 heterocycles. The minimum atomic E-state index is -0.755. The van der Waals surface area contributed by atoms with E-state index in [9.17, 15) is 9.50 Å². The highest BCUT2D eigenvalue weighted by Gasteiger charge is 2.18. The number of aliphatic hydroxyl groups excluding tert-OH is 1. The van der Waals surface area contributed by atoms with Gasteiger partial charge in [0, 0.05) is 24.3 Å². The molecular formula is C14H20FNO. The van der Waals surface area contributed by atoms with Gasteiger partial charge >= 0.3 is 0 Å². The fourth-order valence-corrected chi connectivity index (χ4v) is 2.53. The third-order valence-corrected chi connectivity index (χ3v) is 3.39. The highest BCUT2D eigenvalue weighted by Crippen LogP contribution is 2.30. The molecule has 0 unspecified atom stereocenters. The Bertz CT molecular complexity index is 370. The van der Waals surface area contributed by atoms with Crippen molar-refractivity contribution in [3.05, 3.63) is 29.6 Å². The van der Waals surface area contributed by atoms with Crippen LogP contribution in [0.3, 0.4) is 0 Å². The summed E-state index contributed by atoms with van der Waals surface area (Å²) < 4.78 is 13.8. The van der Waals surface area contributed by atoms with Crippen LogP contribution in [0.2, 0.25) is 0 Å². The molecule has 1 atom stereocenters. The molecule has 0 saturated carbocycles. The van der Waals surface area contributed by atoms with Gasteiger partial charge in [-0.25, -0.2) is 4.39 Å². The van der Waals surface area contributed by atoms with Crippen LogP contribution in [0.1, 0.15) is 44.3 Å². The van der Waals surface area contributed by atoms with Crippen LogP contribution in [-0.4, -0.2) is 18.2 Å². The van der Waals surface area contributed by atoms with Crippen molar-refractivity contribution < 1.29 is 9.50 Å². The fraction of sp³-hybridized carbons (Fsp3) is 0.571. The molecule has 94 valence electrons. The molecule has 1 aliphatic rings. The summed E-state index contributed by atoms with van der Waals surface area (Å²) in [6.45, 7) is 3.55. The van der Waals surface area contributed by atoms with Crippen molar-refractivity contribution >= 4 is 5.69 Å². The Balaban J connectivity index is 2.32. The van der Waals surface area contributed by atoms with E-state index in [1.165, 1.54) is 18.9 Å². The maximum atomic E-state index is 13.8. The van der Waals surface area contributed by atoms with Gasteiger partial charge in [0.05, 0.1) is 6.10 Å². The van der Waals surface area contributed by atoms with E-state index in [0.29, 0.717) is 5.56 Å². The third-order valence-electron chi connectivity index (χ3n) is 3.39. The van der Waals surface area contributed by atoms with Crippen molar-refractivity contribution in [3.63, 3.8) is 0 Å². The zero-order chi connectivity index (χ0) is 12.3. The average molecular weight is 237 g/mol. The van der Waals surface area contributed by atoms with Crippen molar-refractivity contribution in [1.82, 2.24) is 0 Å². The molecule has 0 aliphatic carbocycles. The van der Waals surface area contributed by atoms with Crippen LogP contribution in [0.15, 0.2) is 18.2 Å². The van der Waals surface area contributed by atoms with Crippen LogP contribution in [-0.2, 0) is 0 Å². The number of aliphatic hydroxyl groups is 1. The van der Waals surface area contributed by atoms with Gasteiger partial charge in [0.25, 0.3) is 0 Å². The molecule has 17 heavy (non-hydrogen) atoms. The van der Waals surface area contributed by atoms with E-state index in [2.05, 4.69) is 4.90 Å². The molecule has 2 rings (SSSR count). The smallest absolute Gasteiger partial charge is 0.131 e. The zero-order valence-corrected chi connectivity index (χ0v) is 10.3. The molecule has 0 aromatic heterocycles. The Morgan fingerprint density at radius 2 is 1.82 bits per heavy atom. The highest BCUT2D eigenvalue weighted by atomic mass is 19.1. The van der Waals surface area contributed by atoms with E-state index in [0.717, 1.165) is 31.6 Å². The van der Waals surface area contributed by atoms with Gasteiger partial charge in [-0.15, -0.1) is 0 Å². The fourth-order valence-electron chi connectivity index (χ4n) is 2.53. The number of hydrogen-bond acceptors (Lipinski definition) is 2. The van der Waals surface area contributed by atoms with Gasteiger partial charge in [-0.3, -0.25) is 0 Å². The molecule has 1 saturated heterocycles. The molecule has 1 aliphatic heterocycles. The minimum Gasteiger partial charge on any atom is -0.389 e. The maximum Gasteiger partial charge on any atom is 0.131 e. The standard InChI is InChI=1S/C14H20FNO/c1-11(17)14-12(15)7-6-8-13(14)16-9-4-2-3-5-10-16/h6-8,11,17H,2-5,9-10H2,1H3/t11-/m0/s1. The van der Waals surface area contributed by atoms with Gasteiger partial charge in [-0.1, -0.05) is 18.9 Å². The largest absolute Gasteiger partial charge is 0.389 e. The second-order valence-electron chi connectivity index (χ2n) is 4.75. The van der Waals surface area contributed by atoms with Crippen LogP contribution in [0.4, 0.5) is 10.1 Å². The lowest BCUT2D eigenvalue weighted by Gasteiger charge is -2.26. The molecule has 0 amide bonds. The van der Waals surface area contributed by atoms with Gasteiger partial charge in [0.1, 0.15) is 5.82 Å². The van der Waals surface area contributed by atoms with Crippen molar-refractivity contribution in [2.45, 2.75) is 38.7 Å². The normalized spacial score (nSPS) is 18.9.